The number of carbonyl (C=O) groups excluding carboxylic acids is 1. The molecule has 0 saturated carbocycles. The number of nitrogens with one attached hydrogen (secondary N) is 2. The Morgan fingerprint density at radius 2 is 2.06 bits per heavy atom. The van der Waals surface area contributed by atoms with Crippen LogP contribution in [0.5, 0.6) is 0 Å². The molecule has 0 radical (unpaired) electrons. The third-order valence-electron chi connectivity index (χ3n) is 2.31. The third kappa shape index (κ3) is 4.00. The van der Waals surface area contributed by atoms with Crippen molar-refractivity contribution in [3.05, 3.63) is 35.9 Å². The van der Waals surface area contributed by atoms with Crippen LogP contribution in [-0.4, -0.2) is 32.7 Å². The van der Waals surface area contributed by atoms with Gasteiger partial charge in [-0.15, -0.1) is 0 Å². The molecule has 0 fully saturated rings. The number of hydrogen-bond acceptors (Lipinski definition) is 3. The topological polar surface area (TPSA) is 50.4 Å². The Bertz CT molecular complexity index is 314. The number of rotatable bonds is 6. The Labute approximate surface area is 96.0 Å². The van der Waals surface area contributed by atoms with Crippen molar-refractivity contribution in [1.29, 1.82) is 0 Å². The van der Waals surface area contributed by atoms with E-state index >= 15 is 0 Å². The summed E-state index contributed by atoms with van der Waals surface area (Å²) in [6.45, 7) is 0.915. The molecule has 2 N–H and O–H groups in total. The molecule has 1 rings (SSSR count). The van der Waals surface area contributed by atoms with Crippen LogP contribution in [0.4, 0.5) is 0 Å². The fraction of sp³-hybridized carbons (Fsp3) is 0.417. The normalized spacial score (nSPS) is 12.1. The molecule has 1 atom stereocenters. The van der Waals surface area contributed by atoms with Crippen molar-refractivity contribution >= 4 is 5.91 Å². The largest absolute Gasteiger partial charge is 0.383 e. The summed E-state index contributed by atoms with van der Waals surface area (Å²) in [5.41, 5.74) is 1.09. The Kier molecular flexibility index (Phi) is 5.53. The Hall–Kier alpha value is -1.39. The standard InChI is InChI=1S/C12H18N2O2/c1-13-11(9-16-2)12(15)14-8-10-6-4-3-5-7-10/h3-7,11,13H,8-9H2,1-2H3,(H,14,15)/t11-/m1/s1. The molecule has 0 unspecified atom stereocenters. The molecule has 16 heavy (non-hydrogen) atoms. The summed E-state index contributed by atoms with van der Waals surface area (Å²) in [7, 11) is 3.32. The van der Waals surface area contributed by atoms with Crippen molar-refractivity contribution in [2.45, 2.75) is 12.6 Å². The molecule has 4 nitrogen and oxygen atoms in total. The maximum Gasteiger partial charge on any atom is 0.239 e. The quantitative estimate of drug-likeness (QED) is 0.738. The maximum atomic E-state index is 11.7. The van der Waals surface area contributed by atoms with Gasteiger partial charge in [0.05, 0.1) is 6.61 Å². The van der Waals surface area contributed by atoms with Crippen LogP contribution in [0.15, 0.2) is 30.3 Å². The van der Waals surface area contributed by atoms with E-state index in [1.165, 1.54) is 0 Å². The van der Waals surface area contributed by atoms with E-state index in [0.717, 1.165) is 5.56 Å². The van der Waals surface area contributed by atoms with Crippen LogP contribution < -0.4 is 10.6 Å². The smallest absolute Gasteiger partial charge is 0.239 e. The summed E-state index contributed by atoms with van der Waals surface area (Å²) < 4.78 is 4.94. The number of hydrogen-bond donors (Lipinski definition) is 2. The highest BCUT2D eigenvalue weighted by Crippen LogP contribution is 1.97. The zero-order valence-electron chi connectivity index (χ0n) is 9.69. The molecular weight excluding hydrogens is 204 g/mol. The fourth-order valence-corrected chi connectivity index (χ4v) is 1.37. The summed E-state index contributed by atoms with van der Waals surface area (Å²) in [5.74, 6) is -0.0480. The molecule has 1 aromatic carbocycles. The van der Waals surface area contributed by atoms with Gasteiger partial charge >= 0.3 is 0 Å². The predicted molar refractivity (Wildman–Crippen MR) is 63.0 cm³/mol. The lowest BCUT2D eigenvalue weighted by Crippen LogP contribution is -2.45. The minimum atomic E-state index is -0.297. The van der Waals surface area contributed by atoms with Crippen LogP contribution in [-0.2, 0) is 16.1 Å². The van der Waals surface area contributed by atoms with Crippen molar-refractivity contribution in [3.8, 4) is 0 Å². The van der Waals surface area contributed by atoms with E-state index in [1.54, 1.807) is 14.2 Å². The van der Waals surface area contributed by atoms with E-state index in [2.05, 4.69) is 10.6 Å². The lowest BCUT2D eigenvalue weighted by atomic mass is 10.2. The number of likely N-dealkylation sites (N-methyl/N-ethyl adjacent to an activating group) is 1. The molecule has 0 bridgehead atoms. The number of carbonyl (C=O) groups is 1. The van der Waals surface area contributed by atoms with Crippen LogP contribution in [0, 0.1) is 0 Å². The number of methoxy groups -OCH3 is 1. The molecule has 0 spiro atoms. The first-order valence-corrected chi connectivity index (χ1v) is 5.25. The van der Waals surface area contributed by atoms with E-state index < -0.39 is 0 Å². The number of amides is 1. The van der Waals surface area contributed by atoms with Crippen LogP contribution in [0.3, 0.4) is 0 Å². The second kappa shape index (κ2) is 6.98. The molecule has 0 aliphatic heterocycles. The monoisotopic (exact) mass is 222 g/mol. The van der Waals surface area contributed by atoms with Crippen molar-refractivity contribution in [2.24, 2.45) is 0 Å². The van der Waals surface area contributed by atoms with Crippen molar-refractivity contribution < 1.29 is 9.53 Å². The Balaban J connectivity index is 2.40. The molecule has 0 aromatic heterocycles. The molecule has 88 valence electrons. The van der Waals surface area contributed by atoms with Crippen LogP contribution >= 0.6 is 0 Å². The average Bonchev–Trinajstić information content (AvgIpc) is 2.34. The second-order valence-corrected chi connectivity index (χ2v) is 3.50. The maximum absolute atomic E-state index is 11.7. The minimum absolute atomic E-state index is 0.0480. The van der Waals surface area contributed by atoms with Gasteiger partial charge in [-0.25, -0.2) is 0 Å². The number of ether oxygens (including phenoxy) is 1. The van der Waals surface area contributed by atoms with Gasteiger partial charge < -0.3 is 15.4 Å². The van der Waals surface area contributed by atoms with Gasteiger partial charge in [0.2, 0.25) is 5.91 Å². The first-order chi connectivity index (χ1) is 7.77. The first-order valence-electron chi connectivity index (χ1n) is 5.25. The van der Waals surface area contributed by atoms with Gasteiger partial charge in [-0.2, -0.15) is 0 Å². The van der Waals surface area contributed by atoms with Crippen LogP contribution in [0.2, 0.25) is 0 Å². The molecule has 0 saturated heterocycles. The third-order valence-corrected chi connectivity index (χ3v) is 2.31. The lowest BCUT2D eigenvalue weighted by Gasteiger charge is -2.14. The van der Waals surface area contributed by atoms with Gasteiger partial charge in [-0.1, -0.05) is 30.3 Å². The molecule has 1 aromatic rings. The van der Waals surface area contributed by atoms with Gasteiger partial charge in [-0.3, -0.25) is 4.79 Å². The van der Waals surface area contributed by atoms with Crippen LogP contribution in [0.25, 0.3) is 0 Å². The van der Waals surface area contributed by atoms with E-state index in [4.69, 9.17) is 4.74 Å². The van der Waals surface area contributed by atoms with Gasteiger partial charge in [0.25, 0.3) is 0 Å². The highest BCUT2D eigenvalue weighted by atomic mass is 16.5. The van der Waals surface area contributed by atoms with E-state index in [-0.39, 0.29) is 11.9 Å². The van der Waals surface area contributed by atoms with Gasteiger partial charge in [0.1, 0.15) is 6.04 Å². The zero-order valence-corrected chi connectivity index (χ0v) is 9.69. The highest BCUT2D eigenvalue weighted by Gasteiger charge is 2.14. The molecule has 1 amide bonds. The van der Waals surface area contributed by atoms with Crippen molar-refractivity contribution in [1.82, 2.24) is 10.6 Å². The van der Waals surface area contributed by atoms with E-state index in [1.807, 2.05) is 30.3 Å². The first kappa shape index (κ1) is 12.7. The molecule has 0 aliphatic rings. The van der Waals surface area contributed by atoms with Gasteiger partial charge in [0.15, 0.2) is 0 Å². The predicted octanol–water partition coefficient (Wildman–Crippen LogP) is 0.537. The van der Waals surface area contributed by atoms with Gasteiger partial charge in [-0.05, 0) is 12.6 Å². The molecule has 0 heterocycles. The second-order valence-electron chi connectivity index (χ2n) is 3.50. The molecular formula is C12H18N2O2. The highest BCUT2D eigenvalue weighted by molar-refractivity contribution is 5.81. The molecule has 4 heteroatoms. The van der Waals surface area contributed by atoms with Crippen molar-refractivity contribution in [3.63, 3.8) is 0 Å². The van der Waals surface area contributed by atoms with E-state index in [0.29, 0.717) is 13.2 Å². The minimum Gasteiger partial charge on any atom is -0.383 e. The average molecular weight is 222 g/mol. The summed E-state index contributed by atoms with van der Waals surface area (Å²) in [6.07, 6.45) is 0. The van der Waals surface area contributed by atoms with Gasteiger partial charge in [0, 0.05) is 13.7 Å². The van der Waals surface area contributed by atoms with Crippen LogP contribution in [0.1, 0.15) is 5.56 Å². The summed E-state index contributed by atoms with van der Waals surface area (Å²) in [6, 6.07) is 9.51. The van der Waals surface area contributed by atoms with Crippen molar-refractivity contribution in [2.75, 3.05) is 20.8 Å². The Morgan fingerprint density at radius 1 is 1.38 bits per heavy atom. The molecule has 0 aliphatic carbocycles. The number of benzene rings is 1. The fourth-order valence-electron chi connectivity index (χ4n) is 1.37. The Morgan fingerprint density at radius 3 is 2.62 bits per heavy atom. The summed E-state index contributed by atoms with van der Waals surface area (Å²) >= 11 is 0. The zero-order chi connectivity index (χ0) is 11.8. The van der Waals surface area contributed by atoms with E-state index in [9.17, 15) is 4.79 Å². The summed E-state index contributed by atoms with van der Waals surface area (Å²) in [5, 5.41) is 5.76. The lowest BCUT2D eigenvalue weighted by molar-refractivity contribution is -0.124. The SMILES string of the molecule is CN[C@H](COC)C(=O)NCc1ccccc1. The summed E-state index contributed by atoms with van der Waals surface area (Å²) in [4.78, 5) is 11.7.